The fourth-order valence-corrected chi connectivity index (χ4v) is 4.28. The molecule has 0 spiro atoms. The summed E-state index contributed by atoms with van der Waals surface area (Å²) in [6.07, 6.45) is 5.93. The maximum absolute atomic E-state index is 13.2. The van der Waals surface area contributed by atoms with Crippen molar-refractivity contribution < 1.29 is 4.79 Å². The Morgan fingerprint density at radius 2 is 2.09 bits per heavy atom. The maximum Gasteiger partial charge on any atom is 0.226 e. The van der Waals surface area contributed by atoms with Crippen molar-refractivity contribution in [1.82, 2.24) is 15.1 Å². The van der Waals surface area contributed by atoms with Crippen LogP contribution in [0.4, 0.5) is 0 Å². The van der Waals surface area contributed by atoms with Gasteiger partial charge in [-0.1, -0.05) is 37.3 Å². The smallest absolute Gasteiger partial charge is 0.226 e. The van der Waals surface area contributed by atoms with Gasteiger partial charge in [-0.15, -0.1) is 0 Å². The van der Waals surface area contributed by atoms with E-state index in [1.165, 1.54) is 16.8 Å². The predicted octanol–water partition coefficient (Wildman–Crippen LogP) is 3.44. The molecular weight excluding hydrogens is 286 g/mol. The quantitative estimate of drug-likeness (QED) is 0.924. The number of aryl methyl sites for hydroxylation is 1. The lowest BCUT2D eigenvalue weighted by Crippen LogP contribution is -2.39. The second-order valence-electron chi connectivity index (χ2n) is 6.84. The first-order chi connectivity index (χ1) is 11.3. The number of rotatable bonds is 2. The van der Waals surface area contributed by atoms with E-state index in [4.69, 9.17) is 0 Å². The van der Waals surface area contributed by atoms with E-state index in [0.29, 0.717) is 5.91 Å². The monoisotopic (exact) mass is 309 g/mol. The normalized spacial score (nSPS) is 27.0. The van der Waals surface area contributed by atoms with Gasteiger partial charge >= 0.3 is 0 Å². The summed E-state index contributed by atoms with van der Waals surface area (Å²) in [5.74, 6) is 0.669. The number of carbonyl (C=O) groups is 1. The molecule has 2 aromatic rings. The van der Waals surface area contributed by atoms with E-state index in [-0.39, 0.29) is 17.9 Å². The molecule has 1 aliphatic carbocycles. The highest BCUT2D eigenvalue weighted by Crippen LogP contribution is 2.40. The van der Waals surface area contributed by atoms with Gasteiger partial charge in [0.1, 0.15) is 0 Å². The molecule has 2 aliphatic rings. The molecule has 4 rings (SSSR count). The van der Waals surface area contributed by atoms with E-state index >= 15 is 0 Å². The van der Waals surface area contributed by atoms with Crippen LogP contribution in [-0.2, 0) is 11.2 Å². The summed E-state index contributed by atoms with van der Waals surface area (Å²) in [6, 6.07) is 10.7. The van der Waals surface area contributed by atoms with Gasteiger partial charge in [0, 0.05) is 18.2 Å². The van der Waals surface area contributed by atoms with Crippen LogP contribution in [0.15, 0.2) is 36.5 Å². The van der Waals surface area contributed by atoms with Gasteiger partial charge < -0.3 is 4.90 Å². The van der Waals surface area contributed by atoms with Crippen molar-refractivity contribution in [3.8, 4) is 0 Å². The maximum atomic E-state index is 13.2. The van der Waals surface area contributed by atoms with Gasteiger partial charge in [-0.25, -0.2) is 0 Å². The van der Waals surface area contributed by atoms with E-state index < -0.39 is 0 Å². The lowest BCUT2D eigenvalue weighted by atomic mass is 9.78. The molecule has 1 N–H and O–H groups in total. The van der Waals surface area contributed by atoms with Crippen LogP contribution in [0.5, 0.6) is 0 Å². The van der Waals surface area contributed by atoms with Crippen LogP contribution >= 0.6 is 0 Å². The number of hydrogen-bond acceptors (Lipinski definition) is 2. The van der Waals surface area contributed by atoms with Crippen molar-refractivity contribution in [2.24, 2.45) is 5.92 Å². The van der Waals surface area contributed by atoms with Gasteiger partial charge in [-0.2, -0.15) is 5.10 Å². The Kier molecular flexibility index (Phi) is 3.68. The molecule has 0 radical (unpaired) electrons. The highest BCUT2D eigenvalue weighted by molar-refractivity contribution is 5.81. The molecule has 1 aliphatic heterocycles. The molecule has 0 bridgehead atoms. The predicted molar refractivity (Wildman–Crippen MR) is 88.9 cm³/mol. The van der Waals surface area contributed by atoms with Gasteiger partial charge in [0.05, 0.1) is 12.2 Å². The zero-order valence-corrected chi connectivity index (χ0v) is 13.5. The molecule has 2 heterocycles. The Hall–Kier alpha value is -2.10. The highest BCUT2D eigenvalue weighted by Gasteiger charge is 2.39. The molecule has 4 nitrogen and oxygen atoms in total. The molecule has 1 aromatic heterocycles. The molecule has 23 heavy (non-hydrogen) atoms. The summed E-state index contributed by atoms with van der Waals surface area (Å²) in [4.78, 5) is 15.3. The van der Waals surface area contributed by atoms with Crippen molar-refractivity contribution in [1.29, 1.82) is 0 Å². The van der Waals surface area contributed by atoms with Crippen LogP contribution in [0.3, 0.4) is 0 Å². The average molecular weight is 309 g/mol. The van der Waals surface area contributed by atoms with E-state index in [1.807, 2.05) is 12.3 Å². The number of likely N-dealkylation sites (tertiary alicyclic amines) is 1. The Morgan fingerprint density at radius 3 is 2.91 bits per heavy atom. The molecule has 1 amide bonds. The van der Waals surface area contributed by atoms with Gasteiger partial charge in [0.2, 0.25) is 5.91 Å². The van der Waals surface area contributed by atoms with E-state index in [9.17, 15) is 4.79 Å². The summed E-state index contributed by atoms with van der Waals surface area (Å²) in [7, 11) is 0. The number of amides is 1. The zero-order chi connectivity index (χ0) is 15.8. The summed E-state index contributed by atoms with van der Waals surface area (Å²) in [5, 5.41) is 7.23. The second kappa shape index (κ2) is 5.84. The minimum atomic E-state index is 0.0874. The van der Waals surface area contributed by atoms with Gasteiger partial charge in [-0.05, 0) is 42.7 Å². The largest absolute Gasteiger partial charge is 0.335 e. The summed E-state index contributed by atoms with van der Waals surface area (Å²) in [6.45, 7) is 3.06. The first kappa shape index (κ1) is 14.5. The van der Waals surface area contributed by atoms with Crippen LogP contribution in [-0.4, -0.2) is 27.5 Å². The first-order valence-electron chi connectivity index (χ1n) is 8.63. The van der Waals surface area contributed by atoms with Gasteiger partial charge in [0.15, 0.2) is 0 Å². The third kappa shape index (κ3) is 2.46. The number of carbonyl (C=O) groups excluding carboxylic acids is 1. The third-order valence-electron chi connectivity index (χ3n) is 5.59. The standard InChI is InChI=1S/C19H23N3O/c1-13-15(9-10-17-16(13)12-20-21-17)19(23)22-11-5-8-18(22)14-6-3-2-4-7-14/h2-4,6-7,12-13,15,18H,5,8-11H2,1H3,(H,20,21). The summed E-state index contributed by atoms with van der Waals surface area (Å²) in [5.41, 5.74) is 3.71. The number of hydrogen-bond donors (Lipinski definition) is 1. The van der Waals surface area contributed by atoms with Crippen LogP contribution in [0.2, 0.25) is 0 Å². The fraction of sp³-hybridized carbons (Fsp3) is 0.474. The first-order valence-corrected chi connectivity index (χ1v) is 8.63. The topological polar surface area (TPSA) is 49.0 Å². The molecule has 120 valence electrons. The number of nitrogens with zero attached hydrogens (tertiary/aromatic N) is 2. The average Bonchev–Trinajstić information content (AvgIpc) is 3.25. The minimum absolute atomic E-state index is 0.0874. The Balaban J connectivity index is 1.57. The van der Waals surface area contributed by atoms with E-state index in [2.05, 4.69) is 46.3 Å². The van der Waals surface area contributed by atoms with Crippen LogP contribution in [0.25, 0.3) is 0 Å². The molecule has 3 unspecified atom stereocenters. The highest BCUT2D eigenvalue weighted by atomic mass is 16.2. The molecule has 1 fully saturated rings. The Morgan fingerprint density at radius 1 is 1.26 bits per heavy atom. The third-order valence-corrected chi connectivity index (χ3v) is 5.59. The number of benzene rings is 1. The lowest BCUT2D eigenvalue weighted by molar-refractivity contribution is -0.137. The van der Waals surface area contributed by atoms with Gasteiger partial charge in [-0.3, -0.25) is 9.89 Å². The SMILES string of the molecule is CC1c2cn[nH]c2CCC1C(=O)N1CCCC1c1ccccc1. The number of nitrogens with one attached hydrogen (secondary N) is 1. The lowest BCUT2D eigenvalue weighted by Gasteiger charge is -2.34. The van der Waals surface area contributed by atoms with Crippen molar-refractivity contribution in [2.45, 2.75) is 44.6 Å². The Labute approximate surface area is 136 Å². The molecule has 0 saturated carbocycles. The van der Waals surface area contributed by atoms with E-state index in [0.717, 1.165) is 32.2 Å². The molecule has 1 aromatic carbocycles. The van der Waals surface area contributed by atoms with Crippen molar-refractivity contribution in [3.05, 3.63) is 53.3 Å². The van der Waals surface area contributed by atoms with Gasteiger partial charge in [0.25, 0.3) is 0 Å². The number of H-pyrrole nitrogens is 1. The Bertz CT molecular complexity index is 694. The summed E-state index contributed by atoms with van der Waals surface area (Å²) >= 11 is 0. The summed E-state index contributed by atoms with van der Waals surface area (Å²) < 4.78 is 0. The van der Waals surface area contributed by atoms with Crippen molar-refractivity contribution in [2.75, 3.05) is 6.54 Å². The van der Waals surface area contributed by atoms with Crippen LogP contribution in [0, 0.1) is 5.92 Å². The van der Waals surface area contributed by atoms with E-state index in [1.54, 1.807) is 0 Å². The minimum Gasteiger partial charge on any atom is -0.335 e. The number of aromatic amines is 1. The fourth-order valence-electron chi connectivity index (χ4n) is 4.28. The zero-order valence-electron chi connectivity index (χ0n) is 13.5. The second-order valence-corrected chi connectivity index (χ2v) is 6.84. The van der Waals surface area contributed by atoms with Crippen molar-refractivity contribution >= 4 is 5.91 Å². The number of aromatic nitrogens is 2. The number of fused-ring (bicyclic) bond motifs is 1. The van der Waals surface area contributed by atoms with Crippen LogP contribution < -0.4 is 0 Å². The van der Waals surface area contributed by atoms with Crippen molar-refractivity contribution in [3.63, 3.8) is 0 Å². The van der Waals surface area contributed by atoms with Crippen LogP contribution in [0.1, 0.15) is 55.0 Å². The molecule has 1 saturated heterocycles. The molecule has 3 atom stereocenters. The molecule has 4 heteroatoms. The molecular formula is C19H23N3O.